The number of amides is 1. The largest absolute Gasteiger partial charge is 0.481 e. The van der Waals surface area contributed by atoms with Crippen LogP contribution in [0, 0.1) is 13.8 Å². The zero-order valence-electron chi connectivity index (χ0n) is 16.8. The maximum Gasteiger partial charge on any atom is 0.265 e. The second-order valence-electron chi connectivity index (χ2n) is 6.72. The summed E-state index contributed by atoms with van der Waals surface area (Å²) in [6.07, 6.45) is 2.14. The van der Waals surface area contributed by atoms with Crippen LogP contribution in [-0.2, 0) is 14.8 Å². The molecule has 8 nitrogen and oxygen atoms in total. The minimum Gasteiger partial charge on any atom is -0.481 e. The SMILES string of the molecule is Cc1ccc(C)c(OC(C)C(=O)Nc2ccc(S(=O)(=O)Nc3ncccn3)cc2)c1. The molecule has 3 aromatic rings. The van der Waals surface area contributed by atoms with Crippen LogP contribution in [0.1, 0.15) is 18.1 Å². The Morgan fingerprint density at radius 3 is 2.37 bits per heavy atom. The summed E-state index contributed by atoms with van der Waals surface area (Å²) < 4.78 is 32.9. The first-order valence-corrected chi connectivity index (χ1v) is 10.7. The topological polar surface area (TPSA) is 110 Å². The molecule has 0 saturated carbocycles. The molecule has 0 radical (unpaired) electrons. The number of anilines is 2. The van der Waals surface area contributed by atoms with Gasteiger partial charge in [0.2, 0.25) is 5.95 Å². The molecule has 2 aromatic carbocycles. The van der Waals surface area contributed by atoms with E-state index in [2.05, 4.69) is 20.0 Å². The Morgan fingerprint density at radius 2 is 1.70 bits per heavy atom. The molecule has 0 spiro atoms. The number of nitrogens with one attached hydrogen (secondary N) is 2. The number of aromatic nitrogens is 2. The summed E-state index contributed by atoms with van der Waals surface area (Å²) in [4.78, 5) is 20.2. The third-order valence-electron chi connectivity index (χ3n) is 4.24. The van der Waals surface area contributed by atoms with Gasteiger partial charge in [0.15, 0.2) is 6.10 Å². The number of rotatable bonds is 7. The van der Waals surface area contributed by atoms with Gasteiger partial charge in [0.25, 0.3) is 15.9 Å². The van der Waals surface area contributed by atoms with Crippen molar-refractivity contribution in [2.75, 3.05) is 10.0 Å². The number of carbonyl (C=O) groups excluding carboxylic acids is 1. The molecule has 1 heterocycles. The lowest BCUT2D eigenvalue weighted by atomic mass is 10.1. The summed E-state index contributed by atoms with van der Waals surface area (Å²) in [6.45, 7) is 5.51. The monoisotopic (exact) mass is 426 g/mol. The van der Waals surface area contributed by atoms with E-state index in [1.165, 1.54) is 36.7 Å². The molecule has 1 amide bonds. The number of sulfonamides is 1. The molecule has 0 saturated heterocycles. The fourth-order valence-corrected chi connectivity index (χ4v) is 3.53. The van der Waals surface area contributed by atoms with Gasteiger partial charge in [0.05, 0.1) is 4.90 Å². The molecule has 1 unspecified atom stereocenters. The van der Waals surface area contributed by atoms with Crippen LogP contribution in [-0.4, -0.2) is 30.4 Å². The molecule has 1 aromatic heterocycles. The Hall–Kier alpha value is -3.46. The minimum absolute atomic E-state index is 0.0210. The van der Waals surface area contributed by atoms with Crippen molar-refractivity contribution in [3.05, 3.63) is 72.1 Å². The van der Waals surface area contributed by atoms with Crippen molar-refractivity contribution in [1.29, 1.82) is 0 Å². The molecule has 0 aliphatic carbocycles. The van der Waals surface area contributed by atoms with Gasteiger partial charge in [-0.3, -0.25) is 4.79 Å². The van der Waals surface area contributed by atoms with Crippen LogP contribution in [0.2, 0.25) is 0 Å². The van der Waals surface area contributed by atoms with Crippen LogP contribution < -0.4 is 14.8 Å². The normalized spacial score (nSPS) is 12.1. The predicted octanol–water partition coefficient (Wildman–Crippen LogP) is 3.30. The van der Waals surface area contributed by atoms with Crippen molar-refractivity contribution < 1.29 is 17.9 Å². The van der Waals surface area contributed by atoms with E-state index < -0.39 is 16.1 Å². The van der Waals surface area contributed by atoms with Gasteiger partial charge in [0.1, 0.15) is 5.75 Å². The maximum absolute atomic E-state index is 12.5. The Balaban J connectivity index is 1.64. The molecule has 0 fully saturated rings. The van der Waals surface area contributed by atoms with E-state index in [0.717, 1.165) is 11.1 Å². The molecule has 0 bridgehead atoms. The smallest absolute Gasteiger partial charge is 0.265 e. The van der Waals surface area contributed by atoms with Crippen LogP contribution in [0.4, 0.5) is 11.6 Å². The van der Waals surface area contributed by atoms with Gasteiger partial charge in [-0.15, -0.1) is 0 Å². The fraction of sp³-hybridized carbons (Fsp3) is 0.190. The van der Waals surface area contributed by atoms with Crippen molar-refractivity contribution in [2.24, 2.45) is 0 Å². The van der Waals surface area contributed by atoms with Gasteiger partial charge in [0, 0.05) is 18.1 Å². The van der Waals surface area contributed by atoms with Crippen LogP contribution in [0.15, 0.2) is 65.8 Å². The zero-order valence-corrected chi connectivity index (χ0v) is 17.6. The van der Waals surface area contributed by atoms with Crippen LogP contribution >= 0.6 is 0 Å². The molecule has 0 aliphatic rings. The van der Waals surface area contributed by atoms with Crippen molar-refractivity contribution in [3.63, 3.8) is 0 Å². The Kier molecular flexibility index (Phi) is 6.31. The molecular weight excluding hydrogens is 404 g/mol. The number of hydrogen-bond donors (Lipinski definition) is 2. The van der Waals surface area contributed by atoms with E-state index in [9.17, 15) is 13.2 Å². The first-order chi connectivity index (χ1) is 14.2. The lowest BCUT2D eigenvalue weighted by Gasteiger charge is -2.17. The molecule has 0 aliphatic heterocycles. The van der Waals surface area contributed by atoms with E-state index >= 15 is 0 Å². The van der Waals surface area contributed by atoms with Crippen LogP contribution in [0.25, 0.3) is 0 Å². The average molecular weight is 426 g/mol. The number of benzene rings is 2. The number of ether oxygens (including phenoxy) is 1. The average Bonchev–Trinajstić information content (AvgIpc) is 2.71. The van der Waals surface area contributed by atoms with Gasteiger partial charge in [-0.2, -0.15) is 0 Å². The summed E-state index contributed by atoms with van der Waals surface area (Å²) in [7, 11) is -3.84. The molecule has 156 valence electrons. The third-order valence-corrected chi connectivity index (χ3v) is 5.58. The van der Waals surface area contributed by atoms with Gasteiger partial charge < -0.3 is 10.1 Å². The molecule has 9 heteroatoms. The molecule has 2 N–H and O–H groups in total. The first kappa shape index (κ1) is 21.3. The summed E-state index contributed by atoms with van der Waals surface area (Å²) in [5.41, 5.74) is 2.42. The fourth-order valence-electron chi connectivity index (χ4n) is 2.57. The van der Waals surface area contributed by atoms with E-state index in [1.54, 1.807) is 13.0 Å². The Labute approximate surface area is 175 Å². The summed E-state index contributed by atoms with van der Waals surface area (Å²) in [5, 5.41) is 2.72. The van der Waals surface area contributed by atoms with Gasteiger partial charge in [-0.05, 0) is 68.3 Å². The Morgan fingerprint density at radius 1 is 1.03 bits per heavy atom. The summed E-state index contributed by atoms with van der Waals surface area (Å²) in [6, 6.07) is 13.1. The maximum atomic E-state index is 12.5. The third kappa shape index (κ3) is 5.32. The van der Waals surface area contributed by atoms with E-state index in [4.69, 9.17) is 4.74 Å². The second-order valence-corrected chi connectivity index (χ2v) is 8.40. The highest BCUT2D eigenvalue weighted by atomic mass is 32.2. The summed E-state index contributed by atoms with van der Waals surface area (Å²) in [5.74, 6) is 0.280. The molecule has 1 atom stereocenters. The van der Waals surface area contributed by atoms with Crippen LogP contribution in [0.3, 0.4) is 0 Å². The van der Waals surface area contributed by atoms with Crippen molar-refractivity contribution in [1.82, 2.24) is 9.97 Å². The minimum atomic E-state index is -3.84. The lowest BCUT2D eigenvalue weighted by Crippen LogP contribution is -2.30. The van der Waals surface area contributed by atoms with Crippen molar-refractivity contribution >= 4 is 27.6 Å². The van der Waals surface area contributed by atoms with E-state index in [0.29, 0.717) is 11.4 Å². The number of hydrogen-bond acceptors (Lipinski definition) is 6. The number of nitrogens with zero attached hydrogens (tertiary/aromatic N) is 2. The summed E-state index contributed by atoms with van der Waals surface area (Å²) >= 11 is 0. The van der Waals surface area contributed by atoms with Crippen LogP contribution in [0.5, 0.6) is 5.75 Å². The van der Waals surface area contributed by atoms with Gasteiger partial charge >= 0.3 is 0 Å². The molecule has 3 rings (SSSR count). The van der Waals surface area contributed by atoms with E-state index in [1.807, 2.05) is 32.0 Å². The first-order valence-electron chi connectivity index (χ1n) is 9.19. The van der Waals surface area contributed by atoms with Gasteiger partial charge in [-0.1, -0.05) is 12.1 Å². The zero-order chi connectivity index (χ0) is 21.7. The quantitative estimate of drug-likeness (QED) is 0.600. The van der Waals surface area contributed by atoms with Crippen molar-refractivity contribution in [3.8, 4) is 5.75 Å². The molecule has 30 heavy (non-hydrogen) atoms. The van der Waals surface area contributed by atoms with Gasteiger partial charge in [-0.25, -0.2) is 23.1 Å². The van der Waals surface area contributed by atoms with E-state index in [-0.39, 0.29) is 16.8 Å². The highest BCUT2D eigenvalue weighted by Crippen LogP contribution is 2.21. The number of aryl methyl sites for hydroxylation is 2. The predicted molar refractivity (Wildman–Crippen MR) is 114 cm³/mol. The highest BCUT2D eigenvalue weighted by molar-refractivity contribution is 7.92. The lowest BCUT2D eigenvalue weighted by molar-refractivity contribution is -0.122. The second kappa shape index (κ2) is 8.91. The standard InChI is InChI=1S/C21H22N4O4S/c1-14-5-6-15(2)19(13-14)29-16(3)20(26)24-17-7-9-18(10-8-17)30(27,28)25-21-22-11-4-12-23-21/h4-13,16H,1-3H3,(H,24,26)(H,22,23,25). The Bertz CT molecular complexity index is 1130. The highest BCUT2D eigenvalue weighted by Gasteiger charge is 2.18. The number of carbonyl (C=O) groups is 1. The molecular formula is C21H22N4O4S. The van der Waals surface area contributed by atoms with Crippen molar-refractivity contribution in [2.45, 2.75) is 31.8 Å².